The van der Waals surface area contributed by atoms with Gasteiger partial charge in [-0.1, -0.05) is 0 Å². The molecular formula is C10H7F3N2O2. The van der Waals surface area contributed by atoms with Crippen molar-refractivity contribution < 1.29 is 18.1 Å². The summed E-state index contributed by atoms with van der Waals surface area (Å²) in [6.45, 7) is -3.58. The van der Waals surface area contributed by atoms with E-state index in [0.29, 0.717) is 0 Å². The fourth-order valence-electron chi connectivity index (χ4n) is 1.53. The summed E-state index contributed by atoms with van der Waals surface area (Å²) in [5, 5.41) is 19.4. The highest BCUT2D eigenvalue weighted by Crippen LogP contribution is 2.30. The molecule has 0 aliphatic rings. The van der Waals surface area contributed by atoms with Crippen molar-refractivity contribution in [1.82, 2.24) is 0 Å². The van der Waals surface area contributed by atoms with Crippen molar-refractivity contribution in [2.75, 3.05) is 0 Å². The van der Waals surface area contributed by atoms with E-state index in [9.17, 15) is 23.3 Å². The summed E-state index contributed by atoms with van der Waals surface area (Å²) in [4.78, 5) is 9.71. The highest BCUT2D eigenvalue weighted by atomic mass is 19.1. The Hall–Kier alpha value is -2.10. The first-order valence-electron chi connectivity index (χ1n) is 4.50. The van der Waals surface area contributed by atoms with Gasteiger partial charge in [0.25, 0.3) is 5.69 Å². The smallest absolute Gasteiger partial charge is 0.258 e. The zero-order valence-corrected chi connectivity index (χ0v) is 8.54. The lowest BCUT2D eigenvalue weighted by Crippen LogP contribution is -2.04. The van der Waals surface area contributed by atoms with Gasteiger partial charge in [-0.25, -0.2) is 13.2 Å². The predicted octanol–water partition coefficient (Wildman–Crippen LogP) is 2.87. The molecule has 0 heterocycles. The first-order chi connectivity index (χ1) is 8.10. The molecule has 17 heavy (non-hydrogen) atoms. The Morgan fingerprint density at radius 3 is 2.18 bits per heavy atom. The lowest BCUT2D eigenvalue weighted by atomic mass is 9.96. The molecule has 4 nitrogen and oxygen atoms in total. The van der Waals surface area contributed by atoms with E-state index in [4.69, 9.17) is 5.26 Å². The molecule has 0 radical (unpaired) electrons. The Kier molecular flexibility index (Phi) is 4.04. The topological polar surface area (TPSA) is 66.9 Å². The second-order valence-electron chi connectivity index (χ2n) is 3.16. The van der Waals surface area contributed by atoms with E-state index in [1.54, 1.807) is 0 Å². The Morgan fingerprint density at radius 2 is 1.82 bits per heavy atom. The molecule has 0 spiro atoms. The number of hydrogen-bond acceptors (Lipinski definition) is 3. The number of hydrogen-bond donors (Lipinski definition) is 0. The zero-order valence-electron chi connectivity index (χ0n) is 8.54. The number of halogens is 3. The SMILES string of the molecule is N#Cc1c([N+](=O)[O-])cc(CF)c(CF)c1CF. The molecule has 0 aliphatic heterocycles. The van der Waals surface area contributed by atoms with Crippen molar-refractivity contribution in [1.29, 1.82) is 5.26 Å². The van der Waals surface area contributed by atoms with Crippen LogP contribution >= 0.6 is 0 Å². The lowest BCUT2D eigenvalue weighted by molar-refractivity contribution is -0.385. The van der Waals surface area contributed by atoms with Crippen molar-refractivity contribution >= 4 is 5.69 Å². The van der Waals surface area contributed by atoms with Crippen LogP contribution in [0.2, 0.25) is 0 Å². The van der Waals surface area contributed by atoms with Crippen molar-refractivity contribution in [2.24, 2.45) is 0 Å². The maximum absolute atomic E-state index is 12.7. The number of nitro benzene ring substituents is 1. The van der Waals surface area contributed by atoms with E-state index in [1.165, 1.54) is 6.07 Å². The molecule has 0 fully saturated rings. The molecule has 0 saturated carbocycles. The van der Waals surface area contributed by atoms with Crippen LogP contribution in [0.3, 0.4) is 0 Å². The standard InChI is InChI=1S/C10H7F3N2O2/c11-2-6-1-10(15(16)17)9(5-14)8(4-13)7(6)3-12/h1H,2-4H2. The fraction of sp³-hybridized carbons (Fsp3) is 0.300. The number of rotatable bonds is 4. The van der Waals surface area contributed by atoms with Gasteiger partial charge in [-0.05, 0) is 11.1 Å². The second kappa shape index (κ2) is 5.30. The average molecular weight is 244 g/mol. The molecule has 0 atom stereocenters. The Morgan fingerprint density at radius 1 is 1.24 bits per heavy atom. The van der Waals surface area contributed by atoms with E-state index in [-0.39, 0.29) is 11.1 Å². The molecule has 1 rings (SSSR count). The van der Waals surface area contributed by atoms with Crippen LogP contribution in [-0.2, 0) is 20.0 Å². The van der Waals surface area contributed by atoms with Gasteiger partial charge in [-0.2, -0.15) is 5.26 Å². The summed E-state index contributed by atoms with van der Waals surface area (Å²) in [6.07, 6.45) is 0. The second-order valence-corrected chi connectivity index (χ2v) is 3.16. The molecule has 0 saturated heterocycles. The summed E-state index contributed by atoms with van der Waals surface area (Å²) < 4.78 is 37.9. The minimum Gasteiger partial charge on any atom is -0.258 e. The normalized spacial score (nSPS) is 10.0. The van der Waals surface area contributed by atoms with Crippen LogP contribution in [0.4, 0.5) is 18.9 Å². The molecule has 0 aliphatic carbocycles. The van der Waals surface area contributed by atoms with Gasteiger partial charge in [0.05, 0.1) is 4.92 Å². The summed E-state index contributed by atoms with van der Waals surface area (Å²) in [5.74, 6) is 0. The van der Waals surface area contributed by atoms with Gasteiger partial charge in [0.2, 0.25) is 0 Å². The molecule has 1 aromatic carbocycles. The van der Waals surface area contributed by atoms with Crippen LogP contribution in [0.5, 0.6) is 0 Å². The van der Waals surface area contributed by atoms with E-state index in [1.807, 2.05) is 0 Å². The van der Waals surface area contributed by atoms with Gasteiger partial charge < -0.3 is 0 Å². The Bertz CT molecular complexity index is 497. The first kappa shape index (κ1) is 13.0. The molecule has 0 N–H and O–H groups in total. The van der Waals surface area contributed by atoms with Crippen molar-refractivity contribution in [3.05, 3.63) is 38.4 Å². The number of nitriles is 1. The van der Waals surface area contributed by atoms with Crippen LogP contribution in [0.15, 0.2) is 6.07 Å². The number of nitro groups is 1. The first-order valence-corrected chi connectivity index (χ1v) is 4.50. The van der Waals surface area contributed by atoms with E-state index in [0.717, 1.165) is 6.07 Å². The third-order valence-corrected chi connectivity index (χ3v) is 2.34. The number of nitrogens with zero attached hydrogens (tertiary/aromatic N) is 2. The largest absolute Gasteiger partial charge is 0.287 e. The summed E-state index contributed by atoms with van der Waals surface area (Å²) >= 11 is 0. The minimum atomic E-state index is -1.25. The van der Waals surface area contributed by atoms with Gasteiger partial charge in [-0.3, -0.25) is 10.1 Å². The van der Waals surface area contributed by atoms with Crippen LogP contribution in [0.1, 0.15) is 22.3 Å². The monoisotopic (exact) mass is 244 g/mol. The quantitative estimate of drug-likeness (QED) is 0.604. The highest BCUT2D eigenvalue weighted by Gasteiger charge is 2.24. The Balaban J connectivity index is 3.68. The fourth-order valence-corrected chi connectivity index (χ4v) is 1.53. The van der Waals surface area contributed by atoms with Crippen LogP contribution in [-0.4, -0.2) is 4.92 Å². The van der Waals surface area contributed by atoms with Crippen LogP contribution in [0.25, 0.3) is 0 Å². The van der Waals surface area contributed by atoms with E-state index >= 15 is 0 Å². The van der Waals surface area contributed by atoms with Crippen molar-refractivity contribution in [3.8, 4) is 6.07 Å². The molecule has 0 unspecified atom stereocenters. The maximum atomic E-state index is 12.7. The molecule has 0 amide bonds. The van der Waals surface area contributed by atoms with Crippen molar-refractivity contribution in [3.63, 3.8) is 0 Å². The molecule has 0 bridgehead atoms. The van der Waals surface area contributed by atoms with Gasteiger partial charge in [0.1, 0.15) is 31.7 Å². The van der Waals surface area contributed by atoms with Gasteiger partial charge in [0.15, 0.2) is 0 Å². The highest BCUT2D eigenvalue weighted by molar-refractivity contribution is 5.59. The van der Waals surface area contributed by atoms with Gasteiger partial charge in [-0.15, -0.1) is 0 Å². The van der Waals surface area contributed by atoms with Crippen molar-refractivity contribution in [2.45, 2.75) is 20.0 Å². The summed E-state index contributed by atoms with van der Waals surface area (Å²) in [7, 11) is 0. The average Bonchev–Trinajstić information content (AvgIpc) is 2.35. The molecule has 7 heteroatoms. The summed E-state index contributed by atoms with van der Waals surface area (Å²) in [5.41, 5.74) is -2.33. The van der Waals surface area contributed by atoms with Gasteiger partial charge >= 0.3 is 0 Å². The number of benzene rings is 1. The maximum Gasteiger partial charge on any atom is 0.287 e. The third-order valence-electron chi connectivity index (χ3n) is 2.34. The molecular weight excluding hydrogens is 237 g/mol. The molecule has 90 valence electrons. The van der Waals surface area contributed by atoms with Crippen LogP contribution < -0.4 is 0 Å². The predicted molar refractivity (Wildman–Crippen MR) is 52.2 cm³/mol. The van der Waals surface area contributed by atoms with Gasteiger partial charge in [0, 0.05) is 11.6 Å². The lowest BCUT2D eigenvalue weighted by Gasteiger charge is -2.09. The Labute approximate surface area is 94.4 Å². The molecule has 1 aromatic rings. The van der Waals surface area contributed by atoms with E-state index < -0.39 is 41.8 Å². The number of alkyl halides is 3. The third kappa shape index (κ3) is 2.20. The zero-order chi connectivity index (χ0) is 13.0. The molecule has 0 aromatic heterocycles. The summed E-state index contributed by atoms with van der Waals surface area (Å²) in [6, 6.07) is 2.22. The van der Waals surface area contributed by atoms with E-state index in [2.05, 4.69) is 0 Å². The minimum absolute atomic E-state index is 0.300. The van der Waals surface area contributed by atoms with Crippen LogP contribution in [0, 0.1) is 21.4 Å².